The normalized spacial score (nSPS) is 14.8. The number of aryl methyl sites for hydroxylation is 1. The molecule has 9 nitrogen and oxygen atoms in total. The molecule has 0 spiro atoms. The Morgan fingerprint density at radius 3 is 2.22 bits per heavy atom. The number of amides is 1. The number of anilines is 1. The molecule has 0 aliphatic carbocycles. The number of nitrogens with zero attached hydrogens (tertiary/aromatic N) is 6. The minimum atomic E-state index is -4.89. The Kier molecular flexibility index (Phi) is 5.87. The number of piperazine rings is 1. The summed E-state index contributed by atoms with van der Waals surface area (Å²) in [5.41, 5.74) is 0.611. The highest BCUT2D eigenvalue weighted by molar-refractivity contribution is 7.91. The van der Waals surface area contributed by atoms with Crippen LogP contribution in [0.5, 0.6) is 0 Å². The van der Waals surface area contributed by atoms with Crippen molar-refractivity contribution in [2.45, 2.75) is 17.6 Å². The van der Waals surface area contributed by atoms with E-state index in [0.29, 0.717) is 24.7 Å². The summed E-state index contributed by atoms with van der Waals surface area (Å²) in [4.78, 5) is 15.6. The van der Waals surface area contributed by atoms with Crippen molar-refractivity contribution in [1.82, 2.24) is 24.9 Å². The van der Waals surface area contributed by atoms with Crippen molar-refractivity contribution in [3.8, 4) is 5.82 Å². The summed E-state index contributed by atoms with van der Waals surface area (Å²) < 4.78 is 51.6. The van der Waals surface area contributed by atoms with Gasteiger partial charge in [0, 0.05) is 32.4 Å². The predicted molar refractivity (Wildman–Crippen MR) is 112 cm³/mol. The molecule has 1 aliphatic heterocycles. The molecule has 0 unspecified atom stereocenters. The molecule has 0 N–H and O–H groups in total. The zero-order valence-electron chi connectivity index (χ0n) is 17.1. The standard InChI is InChI=1S/C20H20F2N6O3S/c1-14-8-9-28(25-14)18-7-6-17(23-24-18)26-10-12-27(13-11-26)19(29)15-4-2-3-5-16(15)32(30,31)20(21)22/h2-9,20H,10-13H2,1H3. The monoisotopic (exact) mass is 462 g/mol. The first-order chi connectivity index (χ1) is 15.3. The van der Waals surface area contributed by atoms with Gasteiger partial charge >= 0.3 is 5.76 Å². The highest BCUT2D eigenvalue weighted by Gasteiger charge is 2.33. The van der Waals surface area contributed by atoms with Gasteiger partial charge < -0.3 is 9.80 Å². The molecule has 1 aromatic carbocycles. The van der Waals surface area contributed by atoms with E-state index in [-0.39, 0.29) is 18.7 Å². The molecule has 4 rings (SSSR count). The van der Waals surface area contributed by atoms with Gasteiger partial charge in [0.2, 0.25) is 9.84 Å². The summed E-state index contributed by atoms with van der Waals surface area (Å²) in [6, 6.07) is 10.5. The lowest BCUT2D eigenvalue weighted by Gasteiger charge is -2.35. The van der Waals surface area contributed by atoms with Gasteiger partial charge in [-0.1, -0.05) is 12.1 Å². The van der Waals surface area contributed by atoms with E-state index >= 15 is 0 Å². The summed E-state index contributed by atoms with van der Waals surface area (Å²) in [6.07, 6.45) is 1.79. The van der Waals surface area contributed by atoms with Crippen LogP contribution in [0, 0.1) is 6.92 Å². The number of sulfone groups is 1. The third-order valence-electron chi connectivity index (χ3n) is 5.14. The highest BCUT2D eigenvalue weighted by atomic mass is 32.2. The average Bonchev–Trinajstić information content (AvgIpc) is 3.25. The van der Waals surface area contributed by atoms with Gasteiger partial charge in [0.05, 0.1) is 16.2 Å². The number of rotatable bonds is 5. The first-order valence-electron chi connectivity index (χ1n) is 9.79. The molecule has 0 atom stereocenters. The number of benzene rings is 1. The van der Waals surface area contributed by atoms with Gasteiger partial charge in [-0.2, -0.15) is 13.9 Å². The fourth-order valence-corrected chi connectivity index (χ4v) is 4.37. The molecule has 0 bridgehead atoms. The van der Waals surface area contributed by atoms with Crippen LogP contribution in [0.3, 0.4) is 0 Å². The fourth-order valence-electron chi connectivity index (χ4n) is 3.45. The molecule has 1 fully saturated rings. The zero-order valence-corrected chi connectivity index (χ0v) is 17.9. The number of hydrogen-bond acceptors (Lipinski definition) is 7. The van der Waals surface area contributed by atoms with Crippen LogP contribution in [-0.4, -0.2) is 71.1 Å². The summed E-state index contributed by atoms with van der Waals surface area (Å²) in [5.74, 6) is -2.99. The molecule has 12 heteroatoms. The lowest BCUT2D eigenvalue weighted by molar-refractivity contribution is 0.0742. The molecule has 3 heterocycles. The number of aromatic nitrogens is 4. The van der Waals surface area contributed by atoms with E-state index in [0.717, 1.165) is 11.8 Å². The van der Waals surface area contributed by atoms with Gasteiger partial charge in [0.25, 0.3) is 5.91 Å². The summed E-state index contributed by atoms with van der Waals surface area (Å²) in [5, 5.41) is 12.7. The van der Waals surface area contributed by atoms with Crippen molar-refractivity contribution in [3.05, 3.63) is 59.9 Å². The summed E-state index contributed by atoms with van der Waals surface area (Å²) in [6.45, 7) is 3.31. The zero-order chi connectivity index (χ0) is 22.9. The minimum absolute atomic E-state index is 0.250. The molecule has 2 aromatic heterocycles. The second-order valence-corrected chi connectivity index (χ2v) is 9.12. The van der Waals surface area contributed by atoms with Crippen molar-refractivity contribution >= 4 is 21.6 Å². The van der Waals surface area contributed by atoms with E-state index < -0.39 is 26.4 Å². The molecular weight excluding hydrogens is 442 g/mol. The first kappa shape index (κ1) is 21.8. The summed E-state index contributed by atoms with van der Waals surface area (Å²) >= 11 is 0. The quantitative estimate of drug-likeness (QED) is 0.571. The van der Waals surface area contributed by atoms with Crippen LogP contribution < -0.4 is 4.90 Å². The van der Waals surface area contributed by atoms with E-state index in [1.54, 1.807) is 23.0 Å². The van der Waals surface area contributed by atoms with E-state index in [2.05, 4.69) is 15.3 Å². The van der Waals surface area contributed by atoms with Gasteiger partial charge in [0.1, 0.15) is 0 Å². The Hall–Kier alpha value is -3.41. The Morgan fingerprint density at radius 1 is 0.969 bits per heavy atom. The van der Waals surface area contributed by atoms with Crippen LogP contribution in [0.1, 0.15) is 16.1 Å². The van der Waals surface area contributed by atoms with Gasteiger partial charge in [0.15, 0.2) is 11.6 Å². The maximum absolute atomic E-state index is 13.0. The van der Waals surface area contributed by atoms with E-state index in [9.17, 15) is 22.0 Å². The molecule has 1 amide bonds. The third-order valence-corrected chi connectivity index (χ3v) is 6.58. The first-order valence-corrected chi connectivity index (χ1v) is 11.3. The smallest absolute Gasteiger partial charge is 0.341 e. The third kappa shape index (κ3) is 4.17. The van der Waals surface area contributed by atoms with E-state index in [1.807, 2.05) is 17.9 Å². The van der Waals surface area contributed by atoms with Gasteiger partial charge in [-0.25, -0.2) is 13.1 Å². The van der Waals surface area contributed by atoms with E-state index in [4.69, 9.17) is 0 Å². The number of carbonyl (C=O) groups excluding carboxylic acids is 1. The largest absolute Gasteiger partial charge is 0.352 e. The number of halogens is 2. The van der Waals surface area contributed by atoms with Crippen molar-refractivity contribution < 1.29 is 22.0 Å². The van der Waals surface area contributed by atoms with Crippen LogP contribution in [0.25, 0.3) is 5.82 Å². The SMILES string of the molecule is Cc1ccn(-c2ccc(N3CCN(C(=O)c4ccccc4S(=O)(=O)C(F)F)CC3)nn2)n1. The van der Waals surface area contributed by atoms with Gasteiger partial charge in [-0.3, -0.25) is 4.79 Å². The molecule has 3 aromatic rings. The Bertz CT molecular complexity index is 1220. The van der Waals surface area contributed by atoms with Crippen LogP contribution >= 0.6 is 0 Å². The Balaban J connectivity index is 1.45. The average molecular weight is 462 g/mol. The lowest BCUT2D eigenvalue weighted by Crippen LogP contribution is -2.49. The minimum Gasteiger partial charge on any atom is -0.352 e. The van der Waals surface area contributed by atoms with E-state index in [1.165, 1.54) is 23.1 Å². The number of carbonyl (C=O) groups is 1. The molecular formula is C20H20F2N6O3S. The van der Waals surface area contributed by atoms with Crippen LogP contribution in [0.15, 0.2) is 53.6 Å². The maximum Gasteiger partial charge on any atom is 0.341 e. The maximum atomic E-state index is 13.0. The Morgan fingerprint density at radius 2 is 1.62 bits per heavy atom. The highest BCUT2D eigenvalue weighted by Crippen LogP contribution is 2.24. The fraction of sp³-hybridized carbons (Fsp3) is 0.300. The van der Waals surface area contributed by atoms with Crippen molar-refractivity contribution in [2.24, 2.45) is 0 Å². The predicted octanol–water partition coefficient (Wildman–Crippen LogP) is 1.93. The van der Waals surface area contributed by atoms with Crippen molar-refractivity contribution in [2.75, 3.05) is 31.1 Å². The van der Waals surface area contributed by atoms with Crippen LogP contribution in [0.2, 0.25) is 0 Å². The second-order valence-electron chi connectivity index (χ2n) is 7.23. The van der Waals surface area contributed by atoms with Crippen molar-refractivity contribution in [3.63, 3.8) is 0 Å². The number of hydrogen-bond donors (Lipinski definition) is 0. The molecule has 1 aliphatic rings. The molecule has 1 saturated heterocycles. The van der Waals surface area contributed by atoms with Gasteiger partial charge in [-0.15, -0.1) is 10.2 Å². The molecule has 0 saturated carbocycles. The summed E-state index contributed by atoms with van der Waals surface area (Å²) in [7, 11) is -4.89. The molecule has 0 radical (unpaired) electrons. The second kappa shape index (κ2) is 8.61. The molecule has 168 valence electrons. The van der Waals surface area contributed by atoms with Crippen LogP contribution in [0.4, 0.5) is 14.6 Å². The topological polar surface area (TPSA) is 101 Å². The lowest BCUT2D eigenvalue weighted by atomic mass is 10.2. The van der Waals surface area contributed by atoms with Crippen molar-refractivity contribution in [1.29, 1.82) is 0 Å². The van der Waals surface area contributed by atoms with Gasteiger partial charge in [-0.05, 0) is 37.3 Å². The molecule has 32 heavy (non-hydrogen) atoms. The number of alkyl halides is 2. The Labute approximate surface area is 183 Å². The van der Waals surface area contributed by atoms with Crippen LogP contribution in [-0.2, 0) is 9.84 Å².